The highest BCUT2D eigenvalue weighted by atomic mass is 16.5. The highest BCUT2D eigenvalue weighted by molar-refractivity contribution is 5.91. The van der Waals surface area contributed by atoms with Crippen LogP contribution in [0.25, 0.3) is 0 Å². The van der Waals surface area contributed by atoms with Crippen molar-refractivity contribution in [1.29, 1.82) is 0 Å². The summed E-state index contributed by atoms with van der Waals surface area (Å²) in [5.41, 5.74) is -0.585. The van der Waals surface area contributed by atoms with Crippen molar-refractivity contribution in [1.82, 2.24) is 4.90 Å². The smallest absolute Gasteiger partial charge is 0.312 e. The zero-order valence-electron chi connectivity index (χ0n) is 12.3. The SMILES string of the molecule is COC(=O)[C@H]1[C@H]2C(=O)N(C3CCCCC3)C[C@]23C=C[C@H]1O3. The van der Waals surface area contributed by atoms with Crippen LogP contribution in [0.3, 0.4) is 0 Å². The van der Waals surface area contributed by atoms with Crippen LogP contribution >= 0.6 is 0 Å². The third-order valence-corrected chi connectivity index (χ3v) is 5.62. The summed E-state index contributed by atoms with van der Waals surface area (Å²) in [5.74, 6) is -1.10. The summed E-state index contributed by atoms with van der Waals surface area (Å²) < 4.78 is 10.9. The molecule has 2 saturated heterocycles. The van der Waals surface area contributed by atoms with Gasteiger partial charge in [-0.3, -0.25) is 9.59 Å². The fourth-order valence-electron chi connectivity index (χ4n) is 4.64. The fourth-order valence-corrected chi connectivity index (χ4v) is 4.64. The first-order valence-corrected chi connectivity index (χ1v) is 7.92. The molecule has 3 heterocycles. The van der Waals surface area contributed by atoms with Crippen LogP contribution in [0.1, 0.15) is 32.1 Å². The number of ether oxygens (including phenoxy) is 2. The summed E-state index contributed by atoms with van der Waals surface area (Å²) in [6, 6.07) is 0.320. The molecule has 3 fully saturated rings. The molecule has 0 unspecified atom stereocenters. The Bertz CT molecular complexity index is 510. The molecule has 0 aromatic heterocycles. The maximum absolute atomic E-state index is 12.9. The molecule has 1 saturated carbocycles. The molecule has 5 nitrogen and oxygen atoms in total. The number of esters is 1. The van der Waals surface area contributed by atoms with Gasteiger partial charge in [0.05, 0.1) is 25.7 Å². The molecule has 0 N–H and O–H groups in total. The lowest BCUT2D eigenvalue weighted by Crippen LogP contribution is -2.42. The van der Waals surface area contributed by atoms with E-state index in [1.165, 1.54) is 26.4 Å². The highest BCUT2D eigenvalue weighted by Gasteiger charge is 2.67. The molecule has 21 heavy (non-hydrogen) atoms. The van der Waals surface area contributed by atoms with Crippen LogP contribution < -0.4 is 0 Å². The monoisotopic (exact) mass is 291 g/mol. The van der Waals surface area contributed by atoms with Crippen molar-refractivity contribution in [3.63, 3.8) is 0 Å². The Morgan fingerprint density at radius 2 is 2.14 bits per heavy atom. The number of fused-ring (bicyclic) bond motifs is 1. The van der Waals surface area contributed by atoms with Crippen LogP contribution in [0.2, 0.25) is 0 Å². The van der Waals surface area contributed by atoms with Gasteiger partial charge in [-0.1, -0.05) is 31.4 Å². The minimum atomic E-state index is -0.585. The van der Waals surface area contributed by atoms with Gasteiger partial charge < -0.3 is 14.4 Å². The molecule has 1 aliphatic carbocycles. The summed E-state index contributed by atoms with van der Waals surface area (Å²) in [7, 11) is 1.38. The quantitative estimate of drug-likeness (QED) is 0.568. The second-order valence-corrected chi connectivity index (χ2v) is 6.68. The van der Waals surface area contributed by atoms with Crippen molar-refractivity contribution >= 4 is 11.9 Å². The fraction of sp³-hybridized carbons (Fsp3) is 0.750. The Morgan fingerprint density at radius 1 is 1.38 bits per heavy atom. The van der Waals surface area contributed by atoms with Crippen LogP contribution in [-0.4, -0.2) is 48.2 Å². The standard InChI is InChI=1S/C16H21NO4/c1-20-15(19)12-11-7-8-16(21-11)9-17(14(18)13(12)16)10-5-3-2-4-6-10/h7-8,10-13H,2-6,9H2,1H3/t11-,12-,13+,16-/m1/s1. The number of hydrogen-bond donors (Lipinski definition) is 0. The van der Waals surface area contributed by atoms with Gasteiger partial charge >= 0.3 is 5.97 Å². The number of carbonyl (C=O) groups is 2. The third kappa shape index (κ3) is 1.73. The Hall–Kier alpha value is -1.36. The van der Waals surface area contributed by atoms with Crippen molar-refractivity contribution in [2.45, 2.75) is 49.9 Å². The van der Waals surface area contributed by atoms with Gasteiger partial charge in [0.15, 0.2) is 0 Å². The van der Waals surface area contributed by atoms with E-state index < -0.39 is 11.5 Å². The molecule has 114 valence electrons. The lowest BCUT2D eigenvalue weighted by Gasteiger charge is -2.32. The van der Waals surface area contributed by atoms with E-state index in [1.807, 2.05) is 17.1 Å². The average Bonchev–Trinajstić information content (AvgIpc) is 3.16. The molecule has 0 aromatic rings. The van der Waals surface area contributed by atoms with Crippen LogP contribution in [0.4, 0.5) is 0 Å². The van der Waals surface area contributed by atoms with E-state index in [0.29, 0.717) is 12.6 Å². The van der Waals surface area contributed by atoms with Crippen molar-refractivity contribution in [3.8, 4) is 0 Å². The average molecular weight is 291 g/mol. The topological polar surface area (TPSA) is 55.8 Å². The number of likely N-dealkylation sites (tertiary alicyclic amines) is 1. The van der Waals surface area contributed by atoms with Gasteiger partial charge in [-0.05, 0) is 12.8 Å². The van der Waals surface area contributed by atoms with Gasteiger partial charge in [0, 0.05) is 6.04 Å². The molecule has 0 radical (unpaired) electrons. The minimum absolute atomic E-state index is 0.0872. The molecule has 4 aliphatic rings. The van der Waals surface area contributed by atoms with Crippen LogP contribution in [-0.2, 0) is 19.1 Å². The van der Waals surface area contributed by atoms with Crippen molar-refractivity contribution < 1.29 is 19.1 Å². The predicted molar refractivity (Wildman–Crippen MR) is 74.3 cm³/mol. The number of amides is 1. The summed E-state index contributed by atoms with van der Waals surface area (Å²) >= 11 is 0. The molecule has 5 heteroatoms. The van der Waals surface area contributed by atoms with Crippen molar-refractivity contribution in [3.05, 3.63) is 12.2 Å². The number of rotatable bonds is 2. The molecule has 1 spiro atoms. The van der Waals surface area contributed by atoms with Crippen molar-refractivity contribution in [2.24, 2.45) is 11.8 Å². The minimum Gasteiger partial charge on any atom is -0.469 e. The molecule has 4 rings (SSSR count). The van der Waals surface area contributed by atoms with Gasteiger partial charge in [0.2, 0.25) is 5.91 Å². The number of hydrogen-bond acceptors (Lipinski definition) is 4. The van der Waals surface area contributed by atoms with Gasteiger partial charge in [0.1, 0.15) is 11.5 Å². The van der Waals surface area contributed by atoms with E-state index in [1.54, 1.807) is 0 Å². The lowest BCUT2D eigenvalue weighted by atomic mass is 9.77. The van der Waals surface area contributed by atoms with E-state index in [0.717, 1.165) is 12.8 Å². The Balaban J connectivity index is 1.63. The number of methoxy groups -OCH3 is 1. The van der Waals surface area contributed by atoms with Crippen molar-refractivity contribution in [2.75, 3.05) is 13.7 Å². The molecule has 3 aliphatic heterocycles. The van der Waals surface area contributed by atoms with E-state index in [-0.39, 0.29) is 23.9 Å². The summed E-state index contributed by atoms with van der Waals surface area (Å²) in [6.45, 7) is 0.599. The molecule has 4 atom stereocenters. The van der Waals surface area contributed by atoms with Gasteiger partial charge in [-0.15, -0.1) is 0 Å². The first kappa shape index (κ1) is 13.3. The number of carbonyl (C=O) groups excluding carboxylic acids is 2. The van der Waals surface area contributed by atoms with Gasteiger partial charge in [0.25, 0.3) is 0 Å². The van der Waals surface area contributed by atoms with E-state index in [9.17, 15) is 9.59 Å². The van der Waals surface area contributed by atoms with E-state index >= 15 is 0 Å². The van der Waals surface area contributed by atoms with Gasteiger partial charge in [-0.2, -0.15) is 0 Å². The predicted octanol–water partition coefficient (Wildman–Crippen LogP) is 1.27. The Kier molecular flexibility index (Phi) is 2.89. The molecule has 2 bridgehead atoms. The lowest BCUT2D eigenvalue weighted by molar-refractivity contribution is -0.151. The van der Waals surface area contributed by atoms with Crippen LogP contribution in [0.5, 0.6) is 0 Å². The van der Waals surface area contributed by atoms with E-state index in [4.69, 9.17) is 9.47 Å². The normalized spacial score (nSPS) is 41.7. The molecule has 1 amide bonds. The van der Waals surface area contributed by atoms with Crippen LogP contribution in [0, 0.1) is 11.8 Å². The first-order valence-electron chi connectivity index (χ1n) is 7.92. The zero-order valence-corrected chi connectivity index (χ0v) is 12.3. The summed E-state index contributed by atoms with van der Waals surface area (Å²) in [6.07, 6.45) is 9.42. The second-order valence-electron chi connectivity index (χ2n) is 6.68. The maximum atomic E-state index is 12.9. The Morgan fingerprint density at radius 3 is 2.86 bits per heavy atom. The van der Waals surface area contributed by atoms with E-state index in [2.05, 4.69) is 0 Å². The zero-order chi connectivity index (χ0) is 14.6. The second kappa shape index (κ2) is 4.57. The van der Waals surface area contributed by atoms with Crippen LogP contribution in [0.15, 0.2) is 12.2 Å². The molecular formula is C16H21NO4. The maximum Gasteiger partial charge on any atom is 0.312 e. The highest BCUT2D eigenvalue weighted by Crippen LogP contribution is 2.53. The summed E-state index contributed by atoms with van der Waals surface area (Å²) in [5, 5.41) is 0. The Labute approximate surface area is 124 Å². The molecular weight excluding hydrogens is 270 g/mol. The summed E-state index contributed by atoms with van der Waals surface area (Å²) in [4.78, 5) is 26.9. The molecule has 0 aromatic carbocycles. The first-order chi connectivity index (χ1) is 10.2. The third-order valence-electron chi connectivity index (χ3n) is 5.62. The largest absolute Gasteiger partial charge is 0.469 e. The number of nitrogens with zero attached hydrogens (tertiary/aromatic N) is 1. The van der Waals surface area contributed by atoms with Gasteiger partial charge in [-0.25, -0.2) is 0 Å².